The van der Waals surface area contributed by atoms with Gasteiger partial charge in [0.1, 0.15) is 4.34 Å². The second kappa shape index (κ2) is 5.87. The van der Waals surface area contributed by atoms with Gasteiger partial charge in [0.2, 0.25) is 0 Å². The molecule has 21 heavy (non-hydrogen) atoms. The van der Waals surface area contributed by atoms with Crippen LogP contribution < -0.4 is 0 Å². The number of hydrogen-bond acceptors (Lipinski definition) is 2. The Morgan fingerprint density at radius 2 is 1.71 bits per heavy atom. The largest absolute Gasteiger partial charge is 0.478 e. The second-order valence-corrected chi connectivity index (χ2v) is 6.40. The molecular formula is C13H7Cl2F3O2S. The van der Waals surface area contributed by atoms with Crippen molar-refractivity contribution in [2.75, 3.05) is 0 Å². The monoisotopic (exact) mass is 354 g/mol. The summed E-state index contributed by atoms with van der Waals surface area (Å²) in [4.78, 5) is 11.1. The van der Waals surface area contributed by atoms with Crippen LogP contribution in [0.15, 0.2) is 24.3 Å². The molecule has 0 aliphatic heterocycles. The molecule has 2 rings (SSSR count). The number of rotatable bonds is 3. The third-order valence-corrected chi connectivity index (χ3v) is 4.48. The van der Waals surface area contributed by atoms with Gasteiger partial charge in [-0.2, -0.15) is 13.2 Å². The first-order valence-corrected chi connectivity index (χ1v) is 7.13. The van der Waals surface area contributed by atoms with E-state index < -0.39 is 17.7 Å². The lowest BCUT2D eigenvalue weighted by Gasteiger charge is -2.08. The standard InChI is InChI=1S/C13H7Cl2F3O2S/c14-10-8(9(12(19)20)11(15)21-10)5-6-1-3-7(4-2-6)13(16,17)18/h1-4H,5H2,(H,19,20). The van der Waals surface area contributed by atoms with E-state index in [2.05, 4.69) is 0 Å². The molecule has 112 valence electrons. The third-order valence-electron chi connectivity index (χ3n) is 2.79. The van der Waals surface area contributed by atoms with Crippen LogP contribution in [-0.2, 0) is 12.6 Å². The average molecular weight is 355 g/mol. The summed E-state index contributed by atoms with van der Waals surface area (Å²) in [5, 5.41) is 9.10. The smallest absolute Gasteiger partial charge is 0.416 e. The molecule has 1 heterocycles. The molecule has 8 heteroatoms. The molecule has 0 atom stereocenters. The fraction of sp³-hybridized carbons (Fsp3) is 0.154. The van der Waals surface area contributed by atoms with Gasteiger partial charge in [0.25, 0.3) is 0 Å². The molecule has 0 amide bonds. The topological polar surface area (TPSA) is 37.3 Å². The highest BCUT2D eigenvalue weighted by molar-refractivity contribution is 7.20. The van der Waals surface area contributed by atoms with E-state index in [-0.39, 0.29) is 20.7 Å². The highest BCUT2D eigenvalue weighted by Crippen LogP contribution is 2.38. The van der Waals surface area contributed by atoms with Crippen molar-refractivity contribution in [1.29, 1.82) is 0 Å². The van der Waals surface area contributed by atoms with Gasteiger partial charge < -0.3 is 5.11 Å². The zero-order valence-electron chi connectivity index (χ0n) is 10.2. The van der Waals surface area contributed by atoms with Crippen LogP contribution >= 0.6 is 34.5 Å². The van der Waals surface area contributed by atoms with Crippen molar-refractivity contribution in [2.45, 2.75) is 12.6 Å². The van der Waals surface area contributed by atoms with Crippen molar-refractivity contribution >= 4 is 40.5 Å². The Balaban J connectivity index is 2.33. The molecule has 0 radical (unpaired) electrons. The SMILES string of the molecule is O=C(O)c1c(Cl)sc(Cl)c1Cc1ccc(C(F)(F)F)cc1. The number of aromatic carboxylic acids is 1. The number of carbonyl (C=O) groups is 1. The lowest BCUT2D eigenvalue weighted by atomic mass is 10.0. The highest BCUT2D eigenvalue weighted by Gasteiger charge is 2.30. The minimum atomic E-state index is -4.41. The predicted octanol–water partition coefficient (Wildman–Crippen LogP) is 5.36. The molecule has 0 bridgehead atoms. The average Bonchev–Trinajstić information content (AvgIpc) is 2.63. The number of carboxylic acid groups (broad SMARTS) is 1. The Bertz CT molecular complexity index is 678. The molecule has 0 spiro atoms. The number of carboxylic acids is 1. The van der Waals surface area contributed by atoms with Crippen molar-refractivity contribution in [1.82, 2.24) is 0 Å². The molecule has 1 aromatic heterocycles. The van der Waals surface area contributed by atoms with Gasteiger partial charge in [0.15, 0.2) is 0 Å². The van der Waals surface area contributed by atoms with Crippen LogP contribution in [0.2, 0.25) is 8.67 Å². The lowest BCUT2D eigenvalue weighted by molar-refractivity contribution is -0.137. The Morgan fingerprint density at radius 3 is 2.19 bits per heavy atom. The first-order valence-electron chi connectivity index (χ1n) is 5.56. The lowest BCUT2D eigenvalue weighted by Crippen LogP contribution is -2.05. The summed E-state index contributed by atoms with van der Waals surface area (Å²) in [6, 6.07) is 4.46. The van der Waals surface area contributed by atoms with E-state index in [0.717, 1.165) is 23.5 Å². The van der Waals surface area contributed by atoms with E-state index in [1.807, 2.05) is 0 Å². The number of thiophene rings is 1. The van der Waals surface area contributed by atoms with Crippen molar-refractivity contribution in [3.05, 3.63) is 55.2 Å². The molecule has 1 aromatic carbocycles. The molecule has 0 fully saturated rings. The van der Waals surface area contributed by atoms with Gasteiger partial charge in [-0.05, 0) is 17.7 Å². The summed E-state index contributed by atoms with van der Waals surface area (Å²) >= 11 is 12.7. The zero-order chi connectivity index (χ0) is 15.8. The van der Waals surface area contributed by atoms with Crippen molar-refractivity contribution in [2.24, 2.45) is 0 Å². The number of benzene rings is 1. The Kier molecular flexibility index (Phi) is 4.51. The molecular weight excluding hydrogens is 348 g/mol. The van der Waals surface area contributed by atoms with Crippen LogP contribution in [0, 0.1) is 0 Å². The molecule has 0 aliphatic rings. The van der Waals surface area contributed by atoms with Gasteiger partial charge in [-0.25, -0.2) is 4.79 Å². The number of halogens is 5. The Morgan fingerprint density at radius 1 is 1.14 bits per heavy atom. The number of alkyl halides is 3. The van der Waals surface area contributed by atoms with Crippen molar-refractivity contribution in [3.8, 4) is 0 Å². The minimum Gasteiger partial charge on any atom is -0.478 e. The number of hydrogen-bond donors (Lipinski definition) is 1. The maximum Gasteiger partial charge on any atom is 0.416 e. The first-order chi connectivity index (χ1) is 9.70. The zero-order valence-corrected chi connectivity index (χ0v) is 12.5. The van der Waals surface area contributed by atoms with Crippen LogP contribution in [0.25, 0.3) is 0 Å². The van der Waals surface area contributed by atoms with Crippen LogP contribution in [0.1, 0.15) is 27.0 Å². The van der Waals surface area contributed by atoms with Crippen LogP contribution in [0.5, 0.6) is 0 Å². The summed E-state index contributed by atoms with van der Waals surface area (Å²) in [6.07, 6.45) is -4.31. The van der Waals surface area contributed by atoms with E-state index in [1.165, 1.54) is 12.1 Å². The van der Waals surface area contributed by atoms with E-state index in [9.17, 15) is 18.0 Å². The molecule has 2 aromatic rings. The normalized spacial score (nSPS) is 11.7. The molecule has 0 aliphatic carbocycles. The van der Waals surface area contributed by atoms with Crippen LogP contribution in [0.4, 0.5) is 13.2 Å². The summed E-state index contributed by atoms with van der Waals surface area (Å²) < 4.78 is 37.7. The van der Waals surface area contributed by atoms with Gasteiger partial charge in [-0.15, -0.1) is 11.3 Å². The Hall–Kier alpha value is -1.24. The molecule has 1 N–H and O–H groups in total. The van der Waals surface area contributed by atoms with Crippen LogP contribution in [-0.4, -0.2) is 11.1 Å². The molecule has 0 saturated carbocycles. The van der Waals surface area contributed by atoms with E-state index in [4.69, 9.17) is 28.3 Å². The quantitative estimate of drug-likeness (QED) is 0.805. The summed E-state index contributed by atoms with van der Waals surface area (Å²) in [6.45, 7) is 0. The Labute approximate surface area is 131 Å². The fourth-order valence-corrected chi connectivity index (χ4v) is 3.50. The second-order valence-electron chi connectivity index (χ2n) is 4.18. The van der Waals surface area contributed by atoms with E-state index in [1.54, 1.807) is 0 Å². The fourth-order valence-electron chi connectivity index (χ4n) is 1.79. The van der Waals surface area contributed by atoms with Gasteiger partial charge in [0, 0.05) is 12.0 Å². The van der Waals surface area contributed by atoms with Crippen molar-refractivity contribution in [3.63, 3.8) is 0 Å². The summed E-state index contributed by atoms with van der Waals surface area (Å²) in [5.74, 6) is -1.22. The molecule has 2 nitrogen and oxygen atoms in total. The van der Waals surface area contributed by atoms with Gasteiger partial charge in [-0.1, -0.05) is 35.3 Å². The maximum atomic E-state index is 12.5. The highest BCUT2D eigenvalue weighted by atomic mass is 35.5. The summed E-state index contributed by atoms with van der Waals surface area (Å²) in [7, 11) is 0. The van der Waals surface area contributed by atoms with E-state index in [0.29, 0.717) is 11.1 Å². The van der Waals surface area contributed by atoms with Crippen LogP contribution in [0.3, 0.4) is 0 Å². The first kappa shape index (κ1) is 16.1. The minimum absolute atomic E-state index is 0.0504. The van der Waals surface area contributed by atoms with Crippen molar-refractivity contribution < 1.29 is 23.1 Å². The summed E-state index contributed by atoms with van der Waals surface area (Å²) in [5.41, 5.74) is -0.0495. The third kappa shape index (κ3) is 3.51. The van der Waals surface area contributed by atoms with E-state index >= 15 is 0 Å². The van der Waals surface area contributed by atoms with Gasteiger partial charge in [0.05, 0.1) is 15.5 Å². The molecule has 0 saturated heterocycles. The maximum absolute atomic E-state index is 12.5. The van der Waals surface area contributed by atoms with Gasteiger partial charge >= 0.3 is 12.1 Å². The molecule has 0 unspecified atom stereocenters. The predicted molar refractivity (Wildman–Crippen MR) is 75.5 cm³/mol. The van der Waals surface area contributed by atoms with Gasteiger partial charge in [-0.3, -0.25) is 0 Å².